The molecule has 2 aromatic heterocycles. The maximum atomic E-state index is 12.6. The van der Waals surface area contributed by atoms with Gasteiger partial charge in [0.25, 0.3) is 5.91 Å². The minimum Gasteiger partial charge on any atom is -0.461 e. The average Bonchev–Trinajstić information content (AvgIpc) is 3.47. The zero-order chi connectivity index (χ0) is 20.1. The number of nitrogens with one attached hydrogen (secondary N) is 1. The molecule has 1 unspecified atom stereocenters. The van der Waals surface area contributed by atoms with Crippen molar-refractivity contribution in [2.24, 2.45) is 0 Å². The van der Waals surface area contributed by atoms with Gasteiger partial charge in [-0.3, -0.25) is 9.69 Å². The molecular weight excluding hydrogens is 370 g/mol. The Hall–Kier alpha value is -2.90. The second kappa shape index (κ2) is 9.07. The van der Waals surface area contributed by atoms with E-state index in [0.717, 1.165) is 19.5 Å². The average molecular weight is 395 g/mol. The van der Waals surface area contributed by atoms with E-state index in [4.69, 9.17) is 13.7 Å². The highest BCUT2D eigenvalue weighted by Crippen LogP contribution is 2.23. The first-order valence-electron chi connectivity index (χ1n) is 9.94. The molecule has 1 atom stereocenters. The number of rotatable bonds is 7. The van der Waals surface area contributed by atoms with Crippen molar-refractivity contribution in [2.45, 2.75) is 19.4 Å². The molecule has 7 heteroatoms. The lowest BCUT2D eigenvalue weighted by Gasteiger charge is -2.35. The van der Waals surface area contributed by atoms with Gasteiger partial charge in [0.2, 0.25) is 5.76 Å². The molecule has 0 bridgehead atoms. The monoisotopic (exact) mass is 395 g/mol. The summed E-state index contributed by atoms with van der Waals surface area (Å²) in [6, 6.07) is 13.8. The van der Waals surface area contributed by atoms with Crippen LogP contribution in [0.4, 0.5) is 0 Å². The molecule has 1 fully saturated rings. The summed E-state index contributed by atoms with van der Waals surface area (Å²) in [7, 11) is 0. The molecule has 0 radical (unpaired) electrons. The number of nitrogens with zero attached hydrogens (tertiary/aromatic N) is 2. The Labute approximate surface area is 169 Å². The normalized spacial score (nSPS) is 15.9. The maximum Gasteiger partial charge on any atom is 0.273 e. The quantitative estimate of drug-likeness (QED) is 0.661. The molecule has 1 aromatic carbocycles. The number of carbonyl (C=O) groups is 1. The Morgan fingerprint density at radius 2 is 1.97 bits per heavy atom. The van der Waals surface area contributed by atoms with Crippen molar-refractivity contribution < 1.29 is 18.5 Å². The standard InChI is InChI=1S/C22H25N3O4/c1-2-16-5-7-17(8-6-16)19(25-9-12-27-13-10-25)15-23-22(26)18-14-21(29-24-18)20-4-3-11-28-20/h3-8,11,14,19H,2,9-10,12-13,15H2,1H3,(H,23,26). The number of amides is 1. The lowest BCUT2D eigenvalue weighted by atomic mass is 10.0. The number of morpholine rings is 1. The van der Waals surface area contributed by atoms with Gasteiger partial charge in [0.15, 0.2) is 11.5 Å². The predicted octanol–water partition coefficient (Wildman–Crippen LogP) is 3.30. The molecule has 3 heterocycles. The third kappa shape index (κ3) is 4.58. The van der Waals surface area contributed by atoms with Gasteiger partial charge in [-0.05, 0) is 29.7 Å². The molecular formula is C22H25N3O4. The second-order valence-corrected chi connectivity index (χ2v) is 7.02. The van der Waals surface area contributed by atoms with E-state index in [2.05, 4.69) is 46.6 Å². The summed E-state index contributed by atoms with van der Waals surface area (Å²) in [6.45, 7) is 5.70. The Kier molecular flexibility index (Phi) is 6.07. The number of carbonyl (C=O) groups excluding carboxylic acids is 1. The number of aromatic nitrogens is 1. The minimum absolute atomic E-state index is 0.0743. The Bertz CT molecular complexity index is 912. The number of hydrogen-bond acceptors (Lipinski definition) is 6. The zero-order valence-corrected chi connectivity index (χ0v) is 16.5. The van der Waals surface area contributed by atoms with Gasteiger partial charge in [0.05, 0.1) is 25.5 Å². The smallest absolute Gasteiger partial charge is 0.273 e. The van der Waals surface area contributed by atoms with Crippen molar-refractivity contribution in [3.63, 3.8) is 0 Å². The summed E-state index contributed by atoms with van der Waals surface area (Å²) in [6.07, 6.45) is 2.55. The molecule has 1 aliphatic heterocycles. The van der Waals surface area contributed by atoms with Crippen LogP contribution in [0.1, 0.15) is 34.6 Å². The van der Waals surface area contributed by atoms with Gasteiger partial charge in [0, 0.05) is 25.7 Å². The van der Waals surface area contributed by atoms with E-state index in [1.165, 1.54) is 11.1 Å². The van der Waals surface area contributed by atoms with Crippen LogP contribution < -0.4 is 5.32 Å². The second-order valence-electron chi connectivity index (χ2n) is 7.02. The van der Waals surface area contributed by atoms with Crippen molar-refractivity contribution in [3.05, 3.63) is 65.5 Å². The zero-order valence-electron chi connectivity index (χ0n) is 16.5. The van der Waals surface area contributed by atoms with Crippen LogP contribution in [-0.2, 0) is 11.2 Å². The number of benzene rings is 1. The van der Waals surface area contributed by atoms with Crippen molar-refractivity contribution in [3.8, 4) is 11.5 Å². The molecule has 0 aliphatic carbocycles. The van der Waals surface area contributed by atoms with Gasteiger partial charge in [-0.1, -0.05) is 36.3 Å². The lowest BCUT2D eigenvalue weighted by molar-refractivity contribution is 0.0162. The van der Waals surface area contributed by atoms with E-state index in [0.29, 0.717) is 31.3 Å². The fourth-order valence-corrected chi connectivity index (χ4v) is 3.52. The summed E-state index contributed by atoms with van der Waals surface area (Å²) < 4.78 is 16.0. The highest BCUT2D eigenvalue weighted by Gasteiger charge is 2.24. The summed E-state index contributed by atoms with van der Waals surface area (Å²) >= 11 is 0. The van der Waals surface area contributed by atoms with Gasteiger partial charge in [-0.2, -0.15) is 0 Å². The molecule has 1 N–H and O–H groups in total. The summed E-state index contributed by atoms with van der Waals surface area (Å²) in [5.74, 6) is 0.703. The Morgan fingerprint density at radius 3 is 2.66 bits per heavy atom. The molecule has 3 aromatic rings. The molecule has 0 saturated carbocycles. The molecule has 1 amide bonds. The van der Waals surface area contributed by atoms with Gasteiger partial charge >= 0.3 is 0 Å². The van der Waals surface area contributed by atoms with Crippen LogP contribution >= 0.6 is 0 Å². The predicted molar refractivity (Wildman–Crippen MR) is 107 cm³/mol. The van der Waals surface area contributed by atoms with Crippen LogP contribution in [0.2, 0.25) is 0 Å². The highest BCUT2D eigenvalue weighted by atomic mass is 16.5. The van der Waals surface area contributed by atoms with Crippen LogP contribution in [0.25, 0.3) is 11.5 Å². The Balaban J connectivity index is 1.46. The largest absolute Gasteiger partial charge is 0.461 e. The van der Waals surface area contributed by atoms with Crippen LogP contribution in [0.15, 0.2) is 57.7 Å². The van der Waals surface area contributed by atoms with Gasteiger partial charge in [-0.15, -0.1) is 0 Å². The van der Waals surface area contributed by atoms with Crippen LogP contribution in [0.5, 0.6) is 0 Å². The van der Waals surface area contributed by atoms with E-state index in [1.54, 1.807) is 24.5 Å². The molecule has 7 nitrogen and oxygen atoms in total. The summed E-state index contributed by atoms with van der Waals surface area (Å²) in [4.78, 5) is 15.0. The third-order valence-electron chi connectivity index (χ3n) is 5.22. The SMILES string of the molecule is CCc1ccc(C(CNC(=O)c2cc(-c3ccco3)on2)N2CCOCC2)cc1. The number of hydrogen-bond donors (Lipinski definition) is 1. The van der Waals surface area contributed by atoms with Crippen molar-refractivity contribution in [1.29, 1.82) is 0 Å². The molecule has 4 rings (SSSR count). The molecule has 1 aliphatic rings. The minimum atomic E-state index is -0.269. The first kappa shape index (κ1) is 19.4. The van der Waals surface area contributed by atoms with E-state index in [9.17, 15) is 4.79 Å². The lowest BCUT2D eigenvalue weighted by Crippen LogP contribution is -2.43. The van der Waals surface area contributed by atoms with E-state index >= 15 is 0 Å². The van der Waals surface area contributed by atoms with Gasteiger partial charge < -0.3 is 19.0 Å². The van der Waals surface area contributed by atoms with Gasteiger partial charge in [0.1, 0.15) is 0 Å². The topological polar surface area (TPSA) is 80.7 Å². The Morgan fingerprint density at radius 1 is 1.17 bits per heavy atom. The van der Waals surface area contributed by atoms with Gasteiger partial charge in [-0.25, -0.2) is 0 Å². The van der Waals surface area contributed by atoms with E-state index in [-0.39, 0.29) is 17.6 Å². The third-order valence-corrected chi connectivity index (χ3v) is 5.22. The maximum absolute atomic E-state index is 12.6. The highest BCUT2D eigenvalue weighted by molar-refractivity contribution is 5.92. The van der Waals surface area contributed by atoms with Crippen molar-refractivity contribution in [2.75, 3.05) is 32.8 Å². The molecule has 1 saturated heterocycles. The van der Waals surface area contributed by atoms with Crippen LogP contribution in [-0.4, -0.2) is 48.8 Å². The van der Waals surface area contributed by atoms with E-state index in [1.807, 2.05) is 0 Å². The van der Waals surface area contributed by atoms with E-state index < -0.39 is 0 Å². The molecule has 29 heavy (non-hydrogen) atoms. The first-order chi connectivity index (χ1) is 14.2. The van der Waals surface area contributed by atoms with Crippen molar-refractivity contribution >= 4 is 5.91 Å². The fourth-order valence-electron chi connectivity index (χ4n) is 3.52. The first-order valence-corrected chi connectivity index (χ1v) is 9.94. The number of aryl methyl sites for hydroxylation is 1. The van der Waals surface area contributed by atoms with Crippen LogP contribution in [0.3, 0.4) is 0 Å². The number of ether oxygens (including phenoxy) is 1. The molecule has 152 valence electrons. The summed E-state index contributed by atoms with van der Waals surface area (Å²) in [5.41, 5.74) is 2.71. The molecule has 0 spiro atoms. The van der Waals surface area contributed by atoms with Crippen molar-refractivity contribution in [1.82, 2.24) is 15.4 Å². The number of furan rings is 1. The van der Waals surface area contributed by atoms with Crippen LogP contribution in [0, 0.1) is 0 Å². The summed E-state index contributed by atoms with van der Waals surface area (Å²) in [5, 5.41) is 6.88. The fraction of sp³-hybridized carbons (Fsp3) is 0.364.